The molecule has 1 N–H and O–H groups in total. The second-order valence-electron chi connectivity index (χ2n) is 2.09. The second kappa shape index (κ2) is 7.07. The fourth-order valence-electron chi connectivity index (χ4n) is 0.619. The Hall–Kier alpha value is 0.400. The van der Waals surface area contributed by atoms with Crippen molar-refractivity contribution in [1.29, 1.82) is 0 Å². The standard InChI is InChI=1S/C8H16OS2/c1-4-10-8(11-5-2)6-7(3)9/h6-7,9H,4-5H2,1-3H3. The number of aliphatic hydroxyl groups excluding tert-OH is 1. The van der Waals surface area contributed by atoms with Gasteiger partial charge in [-0.25, -0.2) is 0 Å². The maximum absolute atomic E-state index is 9.07. The third-order valence-corrected chi connectivity index (χ3v) is 3.08. The fraction of sp³-hybridized carbons (Fsp3) is 0.750. The Morgan fingerprint density at radius 2 is 1.82 bits per heavy atom. The van der Waals surface area contributed by atoms with E-state index in [9.17, 15) is 0 Å². The summed E-state index contributed by atoms with van der Waals surface area (Å²) < 4.78 is 1.24. The lowest BCUT2D eigenvalue weighted by Crippen LogP contribution is -1.93. The highest BCUT2D eigenvalue weighted by molar-refractivity contribution is 8.22. The molecular formula is C8H16OS2. The maximum Gasteiger partial charge on any atom is 0.0711 e. The average Bonchev–Trinajstić information content (AvgIpc) is 1.87. The SMILES string of the molecule is CCSC(=CC(C)O)SCC. The molecule has 0 aliphatic heterocycles. The molecule has 3 heteroatoms. The predicted molar refractivity (Wildman–Crippen MR) is 56.0 cm³/mol. The van der Waals surface area contributed by atoms with E-state index < -0.39 is 0 Å². The predicted octanol–water partition coefficient (Wildman–Crippen LogP) is 2.71. The molecule has 0 rings (SSSR count). The monoisotopic (exact) mass is 192 g/mol. The quantitative estimate of drug-likeness (QED) is 0.723. The zero-order valence-electron chi connectivity index (χ0n) is 7.33. The summed E-state index contributed by atoms with van der Waals surface area (Å²) in [6.07, 6.45) is 1.59. The van der Waals surface area contributed by atoms with Crippen molar-refractivity contribution in [2.45, 2.75) is 26.9 Å². The molecule has 0 fully saturated rings. The second-order valence-corrected chi connectivity index (χ2v) is 4.96. The number of thioether (sulfide) groups is 2. The summed E-state index contributed by atoms with van der Waals surface area (Å²) in [7, 11) is 0. The first kappa shape index (κ1) is 11.4. The van der Waals surface area contributed by atoms with Crippen LogP contribution < -0.4 is 0 Å². The van der Waals surface area contributed by atoms with Crippen molar-refractivity contribution >= 4 is 23.5 Å². The van der Waals surface area contributed by atoms with Gasteiger partial charge in [-0.05, 0) is 24.5 Å². The van der Waals surface area contributed by atoms with E-state index >= 15 is 0 Å². The van der Waals surface area contributed by atoms with Crippen molar-refractivity contribution in [3.63, 3.8) is 0 Å². The third kappa shape index (κ3) is 6.78. The molecule has 0 aromatic carbocycles. The number of rotatable bonds is 5. The molecule has 0 saturated heterocycles. The van der Waals surface area contributed by atoms with Crippen LogP contribution in [0.15, 0.2) is 10.3 Å². The normalized spacial score (nSPS) is 12.7. The van der Waals surface area contributed by atoms with Crippen LogP contribution in [0.3, 0.4) is 0 Å². The van der Waals surface area contributed by atoms with Gasteiger partial charge in [0.15, 0.2) is 0 Å². The Kier molecular flexibility index (Phi) is 7.33. The van der Waals surface area contributed by atoms with Gasteiger partial charge in [0.2, 0.25) is 0 Å². The minimum absolute atomic E-state index is 0.317. The largest absolute Gasteiger partial charge is 0.389 e. The van der Waals surface area contributed by atoms with Crippen LogP contribution in [0.2, 0.25) is 0 Å². The molecule has 0 aliphatic rings. The number of aliphatic hydroxyl groups is 1. The summed E-state index contributed by atoms with van der Waals surface area (Å²) in [6, 6.07) is 0. The van der Waals surface area contributed by atoms with Crippen LogP contribution in [0.25, 0.3) is 0 Å². The van der Waals surface area contributed by atoms with E-state index in [1.54, 1.807) is 30.4 Å². The molecular weight excluding hydrogens is 176 g/mol. The fourth-order valence-corrected chi connectivity index (χ4v) is 2.82. The summed E-state index contributed by atoms with van der Waals surface area (Å²) in [5.41, 5.74) is 0. The van der Waals surface area contributed by atoms with Gasteiger partial charge in [-0.2, -0.15) is 0 Å². The molecule has 0 bridgehead atoms. The molecule has 0 saturated carbocycles. The Balaban J connectivity index is 3.86. The summed E-state index contributed by atoms with van der Waals surface area (Å²) in [5.74, 6) is 2.15. The van der Waals surface area contributed by atoms with Gasteiger partial charge in [0, 0.05) is 4.24 Å². The molecule has 66 valence electrons. The molecule has 0 aliphatic carbocycles. The smallest absolute Gasteiger partial charge is 0.0711 e. The van der Waals surface area contributed by atoms with Crippen LogP contribution in [0.1, 0.15) is 20.8 Å². The van der Waals surface area contributed by atoms with Gasteiger partial charge in [-0.1, -0.05) is 13.8 Å². The molecule has 0 aromatic rings. The van der Waals surface area contributed by atoms with Gasteiger partial charge in [0.05, 0.1) is 6.10 Å². The summed E-state index contributed by atoms with van der Waals surface area (Å²) >= 11 is 3.59. The summed E-state index contributed by atoms with van der Waals surface area (Å²) in [6.45, 7) is 6.03. The Morgan fingerprint density at radius 1 is 1.36 bits per heavy atom. The van der Waals surface area contributed by atoms with Crippen molar-refractivity contribution in [3.8, 4) is 0 Å². The van der Waals surface area contributed by atoms with Gasteiger partial charge in [-0.15, -0.1) is 23.5 Å². The van der Waals surface area contributed by atoms with E-state index in [1.165, 1.54) is 4.24 Å². The molecule has 0 amide bonds. The van der Waals surface area contributed by atoms with E-state index in [2.05, 4.69) is 13.8 Å². The van der Waals surface area contributed by atoms with Crippen LogP contribution in [0.4, 0.5) is 0 Å². The molecule has 1 nitrogen and oxygen atoms in total. The van der Waals surface area contributed by atoms with Crippen LogP contribution in [0.5, 0.6) is 0 Å². The Bertz CT molecular complexity index is 113. The molecule has 0 radical (unpaired) electrons. The Morgan fingerprint density at radius 3 is 2.09 bits per heavy atom. The van der Waals surface area contributed by atoms with Crippen molar-refractivity contribution in [1.82, 2.24) is 0 Å². The number of hydrogen-bond acceptors (Lipinski definition) is 3. The first-order valence-corrected chi connectivity index (χ1v) is 5.83. The van der Waals surface area contributed by atoms with E-state index in [0.717, 1.165) is 11.5 Å². The minimum Gasteiger partial charge on any atom is -0.389 e. The lowest BCUT2D eigenvalue weighted by molar-refractivity contribution is 0.244. The van der Waals surface area contributed by atoms with E-state index in [4.69, 9.17) is 5.11 Å². The lowest BCUT2D eigenvalue weighted by atomic mass is 10.4. The topological polar surface area (TPSA) is 20.2 Å². The van der Waals surface area contributed by atoms with Gasteiger partial charge in [-0.3, -0.25) is 0 Å². The highest BCUT2D eigenvalue weighted by atomic mass is 32.2. The van der Waals surface area contributed by atoms with Crippen molar-refractivity contribution < 1.29 is 5.11 Å². The van der Waals surface area contributed by atoms with Crippen molar-refractivity contribution in [3.05, 3.63) is 10.3 Å². The first-order chi connectivity index (χ1) is 5.20. The van der Waals surface area contributed by atoms with Crippen LogP contribution in [-0.2, 0) is 0 Å². The molecule has 0 heterocycles. The zero-order chi connectivity index (χ0) is 8.69. The average molecular weight is 192 g/mol. The van der Waals surface area contributed by atoms with Crippen LogP contribution >= 0.6 is 23.5 Å². The van der Waals surface area contributed by atoms with Crippen molar-refractivity contribution in [2.24, 2.45) is 0 Å². The molecule has 0 spiro atoms. The molecule has 1 unspecified atom stereocenters. The molecule has 11 heavy (non-hydrogen) atoms. The van der Waals surface area contributed by atoms with Gasteiger partial charge in [0.25, 0.3) is 0 Å². The van der Waals surface area contributed by atoms with E-state index in [1.807, 2.05) is 6.08 Å². The van der Waals surface area contributed by atoms with Crippen LogP contribution in [-0.4, -0.2) is 22.7 Å². The minimum atomic E-state index is -0.317. The summed E-state index contributed by atoms with van der Waals surface area (Å²) in [5, 5.41) is 9.07. The van der Waals surface area contributed by atoms with Crippen molar-refractivity contribution in [2.75, 3.05) is 11.5 Å². The number of hydrogen-bond donors (Lipinski definition) is 1. The third-order valence-electron chi connectivity index (χ3n) is 0.950. The highest BCUT2D eigenvalue weighted by Gasteiger charge is 1.97. The molecule has 0 aromatic heterocycles. The van der Waals surface area contributed by atoms with Crippen LogP contribution in [0, 0.1) is 0 Å². The zero-order valence-corrected chi connectivity index (χ0v) is 8.97. The van der Waals surface area contributed by atoms with E-state index in [-0.39, 0.29) is 6.10 Å². The van der Waals surface area contributed by atoms with E-state index in [0.29, 0.717) is 0 Å². The molecule has 1 atom stereocenters. The highest BCUT2D eigenvalue weighted by Crippen LogP contribution is 2.27. The Labute approximate surface area is 77.6 Å². The maximum atomic E-state index is 9.07. The van der Waals surface area contributed by atoms with Gasteiger partial charge in [0.1, 0.15) is 0 Å². The van der Waals surface area contributed by atoms with Gasteiger partial charge >= 0.3 is 0 Å². The first-order valence-electron chi connectivity index (χ1n) is 3.86. The van der Waals surface area contributed by atoms with Gasteiger partial charge < -0.3 is 5.11 Å². The summed E-state index contributed by atoms with van der Waals surface area (Å²) in [4.78, 5) is 0. The lowest BCUT2D eigenvalue weighted by Gasteiger charge is -2.04.